The zero-order valence-electron chi connectivity index (χ0n) is 24.0. The summed E-state index contributed by atoms with van der Waals surface area (Å²) in [6.45, 7) is 2.61. The van der Waals surface area contributed by atoms with Gasteiger partial charge in [-0.05, 0) is 66.5 Å². The molecule has 0 bridgehead atoms. The van der Waals surface area contributed by atoms with Gasteiger partial charge in [0, 0.05) is 31.0 Å². The van der Waals surface area contributed by atoms with Crippen LogP contribution in [0.25, 0.3) is 0 Å². The molecular weight excluding hydrogens is 522 g/mol. The maximum absolute atomic E-state index is 13.5. The van der Waals surface area contributed by atoms with Gasteiger partial charge in [-0.25, -0.2) is 0 Å². The van der Waals surface area contributed by atoms with Gasteiger partial charge in [0.05, 0.1) is 12.2 Å². The van der Waals surface area contributed by atoms with Crippen LogP contribution in [0.2, 0.25) is 0 Å². The molecular formula is C36H39N3O3. The number of carbonyl (C=O) groups excluding carboxylic acids is 2. The van der Waals surface area contributed by atoms with E-state index in [4.69, 9.17) is 4.74 Å². The molecule has 5 rings (SSSR count). The van der Waals surface area contributed by atoms with Crippen molar-refractivity contribution in [1.82, 2.24) is 5.32 Å². The molecule has 0 saturated carbocycles. The molecule has 216 valence electrons. The van der Waals surface area contributed by atoms with E-state index in [0.29, 0.717) is 30.3 Å². The van der Waals surface area contributed by atoms with E-state index >= 15 is 0 Å². The molecule has 0 spiro atoms. The Kier molecular flexibility index (Phi) is 10.4. The highest BCUT2D eigenvalue weighted by Gasteiger charge is 2.24. The Morgan fingerprint density at radius 1 is 0.762 bits per heavy atom. The Morgan fingerprint density at radius 2 is 1.38 bits per heavy atom. The van der Waals surface area contributed by atoms with Crippen molar-refractivity contribution in [2.45, 2.75) is 32.3 Å². The number of carbonyl (C=O) groups is 2. The number of anilines is 2. The lowest BCUT2D eigenvalue weighted by molar-refractivity contribution is -0.121. The van der Waals surface area contributed by atoms with Gasteiger partial charge in [-0.1, -0.05) is 91.0 Å². The van der Waals surface area contributed by atoms with Crippen LogP contribution in [0.1, 0.15) is 39.9 Å². The van der Waals surface area contributed by atoms with Crippen LogP contribution in [0, 0.1) is 5.92 Å². The fraction of sp³-hybridized carbons (Fsp3) is 0.278. The topological polar surface area (TPSA) is 70.7 Å². The Balaban J connectivity index is 1.23. The molecule has 0 unspecified atom stereocenters. The molecule has 0 aromatic heterocycles. The van der Waals surface area contributed by atoms with E-state index in [-0.39, 0.29) is 18.4 Å². The molecule has 4 aromatic rings. The number of rotatable bonds is 12. The third-order valence-corrected chi connectivity index (χ3v) is 7.73. The van der Waals surface area contributed by atoms with Crippen molar-refractivity contribution in [2.24, 2.45) is 5.92 Å². The highest BCUT2D eigenvalue weighted by Crippen LogP contribution is 2.30. The first-order chi connectivity index (χ1) is 20.6. The van der Waals surface area contributed by atoms with Crippen molar-refractivity contribution in [2.75, 3.05) is 36.5 Å². The van der Waals surface area contributed by atoms with Crippen LogP contribution in [0.4, 0.5) is 11.4 Å². The monoisotopic (exact) mass is 561 g/mol. The van der Waals surface area contributed by atoms with Crippen LogP contribution in [0.3, 0.4) is 0 Å². The molecule has 6 nitrogen and oxygen atoms in total. The molecule has 1 aliphatic rings. The normalized spacial score (nSPS) is 13.5. The number of nitrogens with one attached hydrogen (secondary N) is 2. The van der Waals surface area contributed by atoms with E-state index in [2.05, 4.69) is 58.0 Å². The summed E-state index contributed by atoms with van der Waals surface area (Å²) >= 11 is 0. The molecule has 6 heteroatoms. The van der Waals surface area contributed by atoms with Crippen LogP contribution in [0.15, 0.2) is 109 Å². The average Bonchev–Trinajstić information content (AvgIpc) is 3.03. The highest BCUT2D eigenvalue weighted by molar-refractivity contribution is 6.02. The summed E-state index contributed by atoms with van der Waals surface area (Å²) < 4.78 is 5.60. The van der Waals surface area contributed by atoms with E-state index in [1.165, 1.54) is 11.1 Å². The summed E-state index contributed by atoms with van der Waals surface area (Å²) in [5.74, 6) is 0.237. The molecule has 2 N–H and O–H groups in total. The summed E-state index contributed by atoms with van der Waals surface area (Å²) in [5.41, 5.74) is 5.63. The van der Waals surface area contributed by atoms with Crippen LogP contribution < -0.4 is 15.5 Å². The maximum atomic E-state index is 13.5. The van der Waals surface area contributed by atoms with Crippen LogP contribution in [-0.4, -0.2) is 38.1 Å². The first-order valence-electron chi connectivity index (χ1n) is 14.8. The minimum atomic E-state index is -0.254. The smallest absolute Gasteiger partial charge is 0.253 e. The molecule has 1 saturated heterocycles. The third kappa shape index (κ3) is 8.54. The van der Waals surface area contributed by atoms with Gasteiger partial charge in [0.1, 0.15) is 6.61 Å². The van der Waals surface area contributed by atoms with E-state index in [9.17, 15) is 9.59 Å². The Labute approximate surface area is 248 Å². The van der Waals surface area contributed by atoms with Gasteiger partial charge in [0.15, 0.2) is 0 Å². The summed E-state index contributed by atoms with van der Waals surface area (Å²) in [5, 5.41) is 6.01. The van der Waals surface area contributed by atoms with Crippen LogP contribution in [-0.2, 0) is 29.0 Å². The highest BCUT2D eigenvalue weighted by atomic mass is 16.5. The molecule has 0 radical (unpaired) electrons. The second kappa shape index (κ2) is 15.0. The van der Waals surface area contributed by atoms with Gasteiger partial charge in [0.2, 0.25) is 5.91 Å². The van der Waals surface area contributed by atoms with Crippen molar-refractivity contribution >= 4 is 23.2 Å². The summed E-state index contributed by atoms with van der Waals surface area (Å²) in [6, 6.07) is 36.2. The molecule has 4 aromatic carbocycles. The molecule has 42 heavy (non-hydrogen) atoms. The second-order valence-corrected chi connectivity index (χ2v) is 10.9. The minimum Gasteiger partial charge on any atom is -0.371 e. The predicted octanol–water partition coefficient (Wildman–Crippen LogP) is 6.27. The zero-order valence-corrected chi connectivity index (χ0v) is 24.0. The quantitative estimate of drug-likeness (QED) is 0.214. The number of amides is 2. The standard InChI is InChI=1S/C36H39N3O3/c40-35(27-42-26-31-14-8-3-9-15-31)38-32-16-17-34(33(25-32)36(41)37-21-18-28-10-4-1-5-11-28)39-22-19-30(20-23-39)24-29-12-6-2-7-13-29/h1-17,25,30H,18-24,26-27H2,(H,37,41)(H,38,40). The molecule has 2 amide bonds. The number of hydrogen-bond acceptors (Lipinski definition) is 4. The van der Waals surface area contributed by atoms with Gasteiger partial charge in [-0.15, -0.1) is 0 Å². The Bertz CT molecular complexity index is 1420. The van der Waals surface area contributed by atoms with Crippen LogP contribution in [0.5, 0.6) is 0 Å². The van der Waals surface area contributed by atoms with E-state index in [1.54, 1.807) is 6.07 Å². The van der Waals surface area contributed by atoms with Crippen molar-refractivity contribution in [1.29, 1.82) is 0 Å². The fourth-order valence-electron chi connectivity index (χ4n) is 5.49. The maximum Gasteiger partial charge on any atom is 0.253 e. The Hall–Kier alpha value is -4.42. The first-order valence-corrected chi connectivity index (χ1v) is 14.8. The van der Waals surface area contributed by atoms with Crippen molar-refractivity contribution < 1.29 is 14.3 Å². The van der Waals surface area contributed by atoms with Crippen molar-refractivity contribution in [3.8, 4) is 0 Å². The average molecular weight is 562 g/mol. The van der Waals surface area contributed by atoms with E-state index in [1.807, 2.05) is 60.7 Å². The second-order valence-electron chi connectivity index (χ2n) is 10.9. The summed E-state index contributed by atoms with van der Waals surface area (Å²) in [4.78, 5) is 28.4. The third-order valence-electron chi connectivity index (χ3n) is 7.73. The minimum absolute atomic E-state index is 0.0653. The number of benzene rings is 4. The number of nitrogens with zero attached hydrogens (tertiary/aromatic N) is 1. The van der Waals surface area contributed by atoms with Gasteiger partial charge >= 0.3 is 0 Å². The largest absolute Gasteiger partial charge is 0.371 e. The molecule has 1 heterocycles. The van der Waals surface area contributed by atoms with Crippen molar-refractivity contribution in [3.63, 3.8) is 0 Å². The first kappa shape index (κ1) is 29.1. The summed E-state index contributed by atoms with van der Waals surface area (Å²) in [7, 11) is 0. The molecule has 0 aliphatic carbocycles. The zero-order chi connectivity index (χ0) is 29.0. The Morgan fingerprint density at radius 3 is 2.05 bits per heavy atom. The number of hydrogen-bond donors (Lipinski definition) is 2. The van der Waals surface area contributed by atoms with Gasteiger partial charge in [-0.3, -0.25) is 9.59 Å². The lowest BCUT2D eigenvalue weighted by Crippen LogP contribution is -2.36. The molecule has 1 aliphatic heterocycles. The molecule has 1 fully saturated rings. The number of piperidine rings is 1. The fourth-order valence-corrected chi connectivity index (χ4v) is 5.49. The lowest BCUT2D eigenvalue weighted by Gasteiger charge is -2.35. The molecule has 0 atom stereocenters. The van der Waals surface area contributed by atoms with Gasteiger partial charge in [-0.2, -0.15) is 0 Å². The van der Waals surface area contributed by atoms with Gasteiger partial charge < -0.3 is 20.3 Å². The van der Waals surface area contributed by atoms with E-state index < -0.39 is 0 Å². The predicted molar refractivity (Wildman–Crippen MR) is 169 cm³/mol. The lowest BCUT2D eigenvalue weighted by atomic mass is 9.89. The summed E-state index contributed by atoms with van der Waals surface area (Å²) in [6.07, 6.45) is 3.98. The van der Waals surface area contributed by atoms with E-state index in [0.717, 1.165) is 50.0 Å². The van der Waals surface area contributed by atoms with Gasteiger partial charge in [0.25, 0.3) is 5.91 Å². The van der Waals surface area contributed by atoms with Crippen molar-refractivity contribution in [3.05, 3.63) is 131 Å². The SMILES string of the molecule is O=C(COCc1ccccc1)Nc1ccc(N2CCC(Cc3ccccc3)CC2)c(C(=O)NCCc2ccccc2)c1. The van der Waals surface area contributed by atoms with Crippen LogP contribution >= 0.6 is 0 Å². The number of ether oxygens (including phenoxy) is 1.